The van der Waals surface area contributed by atoms with Gasteiger partial charge in [-0.3, -0.25) is 0 Å². The number of fused-ring (bicyclic) bond motifs is 1. The molecule has 1 saturated heterocycles. The molecule has 0 aromatic carbocycles. The van der Waals surface area contributed by atoms with E-state index in [0.29, 0.717) is 13.2 Å². The summed E-state index contributed by atoms with van der Waals surface area (Å²) in [6.07, 6.45) is 3.96. The minimum Gasteiger partial charge on any atom is -0.382 e. The monoisotopic (exact) mass is 201 g/mol. The fourth-order valence-electron chi connectivity index (χ4n) is 2.55. The first-order valence-corrected chi connectivity index (χ1v) is 5.28. The third-order valence-electron chi connectivity index (χ3n) is 3.39. The summed E-state index contributed by atoms with van der Waals surface area (Å²) in [6, 6.07) is 0. The van der Waals surface area contributed by atoms with Crippen molar-refractivity contribution in [1.82, 2.24) is 0 Å². The predicted octanol–water partition coefficient (Wildman–Crippen LogP) is 0.647. The molecule has 2 aliphatic rings. The first-order chi connectivity index (χ1) is 6.72. The fraction of sp³-hybridized carbons (Fsp3) is 1.00. The molecule has 4 heteroatoms. The topological polar surface area (TPSA) is 53.7 Å². The van der Waals surface area contributed by atoms with Crippen molar-refractivity contribution < 1.29 is 14.2 Å². The molecule has 0 bridgehead atoms. The Morgan fingerprint density at radius 2 is 2.14 bits per heavy atom. The van der Waals surface area contributed by atoms with E-state index in [1.165, 1.54) is 0 Å². The van der Waals surface area contributed by atoms with Crippen molar-refractivity contribution in [3.63, 3.8) is 0 Å². The van der Waals surface area contributed by atoms with Crippen LogP contribution >= 0.6 is 0 Å². The van der Waals surface area contributed by atoms with Crippen LogP contribution in [0, 0.1) is 0 Å². The van der Waals surface area contributed by atoms with Gasteiger partial charge in [0.05, 0.1) is 25.4 Å². The molecule has 0 amide bonds. The molecule has 1 heterocycles. The van der Waals surface area contributed by atoms with Crippen molar-refractivity contribution in [3.8, 4) is 0 Å². The third kappa shape index (κ3) is 1.46. The first kappa shape index (κ1) is 10.4. The Kier molecular flexibility index (Phi) is 2.79. The molecular formula is C10H19NO3. The van der Waals surface area contributed by atoms with Crippen LogP contribution in [0.2, 0.25) is 0 Å². The van der Waals surface area contributed by atoms with Crippen LogP contribution in [0.25, 0.3) is 0 Å². The number of methoxy groups -OCH3 is 1. The van der Waals surface area contributed by atoms with Crippen molar-refractivity contribution in [3.05, 3.63) is 0 Å². The van der Waals surface area contributed by atoms with E-state index in [4.69, 9.17) is 19.9 Å². The van der Waals surface area contributed by atoms with Gasteiger partial charge in [-0.15, -0.1) is 0 Å². The van der Waals surface area contributed by atoms with Gasteiger partial charge in [-0.1, -0.05) is 0 Å². The highest BCUT2D eigenvalue weighted by atomic mass is 16.7. The number of hydrogen-bond acceptors (Lipinski definition) is 4. The van der Waals surface area contributed by atoms with Gasteiger partial charge < -0.3 is 19.9 Å². The molecule has 0 aromatic heterocycles. The van der Waals surface area contributed by atoms with Crippen molar-refractivity contribution in [1.29, 1.82) is 0 Å². The van der Waals surface area contributed by atoms with E-state index in [1.54, 1.807) is 7.11 Å². The summed E-state index contributed by atoms with van der Waals surface area (Å²) in [5.74, 6) is -0.508. The Labute approximate surface area is 84.7 Å². The highest BCUT2D eigenvalue weighted by Crippen LogP contribution is 2.47. The highest BCUT2D eigenvalue weighted by molar-refractivity contribution is 5.07. The van der Waals surface area contributed by atoms with Gasteiger partial charge in [0.1, 0.15) is 0 Å². The molecule has 1 saturated carbocycles. The zero-order valence-corrected chi connectivity index (χ0v) is 8.75. The van der Waals surface area contributed by atoms with E-state index in [-0.39, 0.29) is 5.54 Å². The SMILES string of the molecule is COCCO[C@]12CCC[C@@]1(N)CCO2. The van der Waals surface area contributed by atoms with Crippen LogP contribution in [0.4, 0.5) is 0 Å². The zero-order chi connectivity index (χ0) is 10.1. The highest BCUT2D eigenvalue weighted by Gasteiger charge is 2.58. The molecule has 0 unspecified atom stereocenters. The number of nitrogens with two attached hydrogens (primary N) is 1. The lowest BCUT2D eigenvalue weighted by Gasteiger charge is -2.35. The molecule has 2 rings (SSSR count). The number of rotatable bonds is 4. The zero-order valence-electron chi connectivity index (χ0n) is 8.75. The lowest BCUT2D eigenvalue weighted by atomic mass is 9.92. The maximum absolute atomic E-state index is 6.29. The second kappa shape index (κ2) is 3.77. The molecule has 0 spiro atoms. The maximum atomic E-state index is 6.29. The van der Waals surface area contributed by atoms with Gasteiger partial charge in [-0.25, -0.2) is 0 Å². The lowest BCUT2D eigenvalue weighted by Crippen LogP contribution is -2.55. The van der Waals surface area contributed by atoms with E-state index in [0.717, 1.165) is 32.3 Å². The number of hydrogen-bond donors (Lipinski definition) is 1. The second-order valence-electron chi connectivity index (χ2n) is 4.20. The molecule has 2 N–H and O–H groups in total. The van der Waals surface area contributed by atoms with Gasteiger partial charge in [0.2, 0.25) is 0 Å². The summed E-state index contributed by atoms with van der Waals surface area (Å²) in [4.78, 5) is 0. The summed E-state index contributed by atoms with van der Waals surface area (Å²) in [7, 11) is 1.67. The molecule has 1 aliphatic heterocycles. The van der Waals surface area contributed by atoms with Crippen LogP contribution in [0.1, 0.15) is 25.7 Å². The molecule has 1 aliphatic carbocycles. The molecule has 82 valence electrons. The van der Waals surface area contributed by atoms with Crippen molar-refractivity contribution in [2.24, 2.45) is 5.73 Å². The Hall–Kier alpha value is -0.160. The lowest BCUT2D eigenvalue weighted by molar-refractivity contribution is -0.230. The Bertz CT molecular complexity index is 198. The van der Waals surface area contributed by atoms with Crippen LogP contribution in [0.5, 0.6) is 0 Å². The van der Waals surface area contributed by atoms with E-state index in [1.807, 2.05) is 0 Å². The van der Waals surface area contributed by atoms with Crippen LogP contribution < -0.4 is 5.73 Å². The smallest absolute Gasteiger partial charge is 0.186 e. The molecular weight excluding hydrogens is 182 g/mol. The third-order valence-corrected chi connectivity index (χ3v) is 3.39. The average Bonchev–Trinajstić information content (AvgIpc) is 2.58. The summed E-state index contributed by atoms with van der Waals surface area (Å²) >= 11 is 0. The quantitative estimate of drug-likeness (QED) is 0.678. The average molecular weight is 201 g/mol. The summed E-state index contributed by atoms with van der Waals surface area (Å²) in [5.41, 5.74) is 6.04. The van der Waals surface area contributed by atoms with Crippen molar-refractivity contribution in [2.45, 2.75) is 37.0 Å². The van der Waals surface area contributed by atoms with Crippen LogP contribution in [0.3, 0.4) is 0 Å². The van der Waals surface area contributed by atoms with Crippen LogP contribution in [0.15, 0.2) is 0 Å². The summed E-state index contributed by atoms with van der Waals surface area (Å²) in [6.45, 7) is 1.89. The van der Waals surface area contributed by atoms with E-state index < -0.39 is 5.79 Å². The second-order valence-corrected chi connectivity index (χ2v) is 4.20. The summed E-state index contributed by atoms with van der Waals surface area (Å²) in [5, 5.41) is 0. The van der Waals surface area contributed by atoms with E-state index >= 15 is 0 Å². The predicted molar refractivity (Wildman–Crippen MR) is 51.9 cm³/mol. The van der Waals surface area contributed by atoms with E-state index in [9.17, 15) is 0 Å². The fourth-order valence-corrected chi connectivity index (χ4v) is 2.55. The molecule has 0 radical (unpaired) electrons. The van der Waals surface area contributed by atoms with Gasteiger partial charge in [0, 0.05) is 13.5 Å². The summed E-state index contributed by atoms with van der Waals surface area (Å²) < 4.78 is 16.5. The van der Waals surface area contributed by atoms with Gasteiger partial charge in [-0.05, 0) is 19.3 Å². The molecule has 0 aromatic rings. The molecule has 4 nitrogen and oxygen atoms in total. The van der Waals surface area contributed by atoms with Gasteiger partial charge in [0.15, 0.2) is 5.79 Å². The van der Waals surface area contributed by atoms with Crippen LogP contribution in [-0.4, -0.2) is 38.3 Å². The Morgan fingerprint density at radius 3 is 2.93 bits per heavy atom. The maximum Gasteiger partial charge on any atom is 0.186 e. The van der Waals surface area contributed by atoms with Gasteiger partial charge in [-0.2, -0.15) is 0 Å². The number of ether oxygens (including phenoxy) is 3. The van der Waals surface area contributed by atoms with Crippen molar-refractivity contribution in [2.75, 3.05) is 26.9 Å². The Balaban J connectivity index is 1.98. The Morgan fingerprint density at radius 1 is 1.29 bits per heavy atom. The van der Waals surface area contributed by atoms with Gasteiger partial charge >= 0.3 is 0 Å². The minimum atomic E-state index is -0.508. The first-order valence-electron chi connectivity index (χ1n) is 5.28. The van der Waals surface area contributed by atoms with E-state index in [2.05, 4.69) is 0 Å². The molecule has 2 atom stereocenters. The van der Waals surface area contributed by atoms with Gasteiger partial charge in [0.25, 0.3) is 0 Å². The van der Waals surface area contributed by atoms with Crippen molar-refractivity contribution >= 4 is 0 Å². The largest absolute Gasteiger partial charge is 0.382 e. The standard InChI is InChI=1S/C10H19NO3/c1-12-7-8-14-10-4-2-3-9(10,11)5-6-13-10/h2-8,11H2,1H3/t9-,10-/m1/s1. The minimum absolute atomic E-state index is 0.249. The molecule has 14 heavy (non-hydrogen) atoms. The molecule has 2 fully saturated rings. The normalized spacial score (nSPS) is 41.6. The van der Waals surface area contributed by atoms with Crippen LogP contribution in [-0.2, 0) is 14.2 Å².